The Morgan fingerprint density at radius 1 is 1.26 bits per heavy atom. The Hall–Kier alpha value is -2.06. The van der Waals surface area contributed by atoms with Gasteiger partial charge < -0.3 is 4.74 Å². The zero-order valence-corrected chi connectivity index (χ0v) is 17.0. The second-order valence-electron chi connectivity index (χ2n) is 5.97. The van der Waals surface area contributed by atoms with Gasteiger partial charge in [0.1, 0.15) is 0 Å². The summed E-state index contributed by atoms with van der Waals surface area (Å²) in [6.45, 7) is 3.99. The molecule has 0 saturated heterocycles. The van der Waals surface area contributed by atoms with Crippen LogP contribution in [0.2, 0.25) is 5.02 Å². The number of rotatable bonds is 8. The molecule has 0 aliphatic carbocycles. The molecular weight excluding hydrogens is 390 g/mol. The Balaban J connectivity index is 2.38. The van der Waals surface area contributed by atoms with Gasteiger partial charge in [-0.2, -0.15) is 4.98 Å². The number of benzene rings is 1. The first-order valence-electron chi connectivity index (χ1n) is 8.54. The molecule has 9 heteroatoms. The van der Waals surface area contributed by atoms with E-state index in [-0.39, 0.29) is 19.1 Å². The second-order valence-corrected chi connectivity index (χ2v) is 7.64. The molecular formula is C18H22ClN3O4S. The fraction of sp³-hybridized carbons (Fsp3) is 0.444. The van der Waals surface area contributed by atoms with Crippen molar-refractivity contribution in [3.8, 4) is 0 Å². The number of esters is 1. The van der Waals surface area contributed by atoms with Gasteiger partial charge >= 0.3 is 17.3 Å². The Labute approximate surface area is 166 Å². The van der Waals surface area contributed by atoms with Gasteiger partial charge in [-0.15, -0.1) is 0 Å². The van der Waals surface area contributed by atoms with Crippen LogP contribution in [0.3, 0.4) is 0 Å². The molecule has 1 aromatic carbocycles. The lowest BCUT2D eigenvalue weighted by molar-refractivity contribution is -0.145. The van der Waals surface area contributed by atoms with Crippen molar-refractivity contribution in [2.45, 2.75) is 38.5 Å². The summed E-state index contributed by atoms with van der Waals surface area (Å²) in [4.78, 5) is 40.9. The van der Waals surface area contributed by atoms with Gasteiger partial charge in [-0.3, -0.25) is 9.36 Å². The van der Waals surface area contributed by atoms with E-state index in [1.54, 1.807) is 19.1 Å². The van der Waals surface area contributed by atoms with Crippen LogP contribution >= 0.6 is 23.4 Å². The topological polar surface area (TPSA) is 83.2 Å². The number of carbonyl (C=O) groups excluding carboxylic acids is 1. The normalized spacial score (nSPS) is 12.0. The first-order chi connectivity index (χ1) is 12.9. The highest BCUT2D eigenvalue weighted by Gasteiger charge is 2.17. The average Bonchev–Trinajstić information content (AvgIpc) is 2.65. The summed E-state index contributed by atoms with van der Waals surface area (Å²) in [6, 6.07) is 7.14. The molecule has 0 spiro atoms. The molecule has 2 rings (SSSR count). The lowest BCUT2D eigenvalue weighted by atomic mass is 10.1. The summed E-state index contributed by atoms with van der Waals surface area (Å²) in [6.07, 6.45) is 0.310. The fourth-order valence-electron chi connectivity index (χ4n) is 2.49. The molecule has 0 aliphatic heterocycles. The Bertz CT molecular complexity index is 908. The van der Waals surface area contributed by atoms with Crippen molar-refractivity contribution in [2.75, 3.05) is 12.9 Å². The van der Waals surface area contributed by atoms with Crippen molar-refractivity contribution in [3.63, 3.8) is 0 Å². The molecule has 0 amide bonds. The summed E-state index contributed by atoms with van der Waals surface area (Å²) in [7, 11) is 1.31. The zero-order valence-electron chi connectivity index (χ0n) is 15.5. The van der Waals surface area contributed by atoms with Gasteiger partial charge in [-0.05, 0) is 29.9 Å². The molecule has 1 atom stereocenters. The molecule has 27 heavy (non-hydrogen) atoms. The van der Waals surface area contributed by atoms with Crippen molar-refractivity contribution in [2.24, 2.45) is 5.92 Å². The fourth-order valence-corrected chi connectivity index (χ4v) is 3.32. The van der Waals surface area contributed by atoms with E-state index in [2.05, 4.69) is 9.72 Å². The largest absolute Gasteiger partial charge is 0.469 e. The van der Waals surface area contributed by atoms with Crippen molar-refractivity contribution < 1.29 is 9.53 Å². The van der Waals surface area contributed by atoms with Crippen molar-refractivity contribution in [3.05, 3.63) is 55.8 Å². The Kier molecular flexibility index (Phi) is 7.67. The molecule has 0 bridgehead atoms. The molecule has 146 valence electrons. The van der Waals surface area contributed by atoms with Gasteiger partial charge in [0.25, 0.3) is 0 Å². The van der Waals surface area contributed by atoms with Crippen molar-refractivity contribution in [1.82, 2.24) is 14.1 Å². The third kappa shape index (κ3) is 5.46. The summed E-state index contributed by atoms with van der Waals surface area (Å²) in [5.74, 6) is -0.123. The minimum Gasteiger partial charge on any atom is -0.469 e. The van der Waals surface area contributed by atoms with Crippen LogP contribution in [0.4, 0.5) is 0 Å². The minimum atomic E-state index is -0.611. The molecule has 0 N–H and O–H groups in total. The number of halogens is 1. The van der Waals surface area contributed by atoms with Crippen LogP contribution in [-0.4, -0.2) is 33.0 Å². The lowest BCUT2D eigenvalue weighted by Gasteiger charge is -2.15. The maximum Gasteiger partial charge on any atom is 0.354 e. The molecule has 0 saturated carbocycles. The van der Waals surface area contributed by atoms with Crippen LogP contribution in [0.15, 0.2) is 39.0 Å². The van der Waals surface area contributed by atoms with Crippen LogP contribution < -0.4 is 11.4 Å². The summed E-state index contributed by atoms with van der Waals surface area (Å²) in [5, 5.41) is 0.980. The van der Waals surface area contributed by atoms with Gasteiger partial charge in [-0.25, -0.2) is 14.2 Å². The molecule has 0 unspecified atom stereocenters. The Morgan fingerprint density at radius 3 is 2.52 bits per heavy atom. The predicted octanol–water partition coefficient (Wildman–Crippen LogP) is 2.42. The summed E-state index contributed by atoms with van der Waals surface area (Å²) >= 11 is 7.25. The maximum absolute atomic E-state index is 12.9. The first-order valence-corrected chi connectivity index (χ1v) is 9.90. The SMILES string of the molecule is CCSc1nc(=O)n(CC[C@H](C)C(=O)OC)c(=O)n1Cc1ccc(Cl)cc1. The van der Waals surface area contributed by atoms with Gasteiger partial charge in [0.15, 0.2) is 5.16 Å². The van der Waals surface area contributed by atoms with Gasteiger partial charge in [0.05, 0.1) is 19.6 Å². The third-order valence-corrected chi connectivity index (χ3v) is 5.14. The van der Waals surface area contributed by atoms with E-state index in [1.165, 1.54) is 23.4 Å². The average molecular weight is 412 g/mol. The van der Waals surface area contributed by atoms with E-state index in [1.807, 2.05) is 19.1 Å². The lowest BCUT2D eigenvalue weighted by Crippen LogP contribution is -2.43. The summed E-state index contributed by atoms with van der Waals surface area (Å²) in [5.41, 5.74) is -0.187. The number of carbonyl (C=O) groups is 1. The van der Waals surface area contributed by atoms with Gasteiger partial charge in [-0.1, -0.05) is 49.3 Å². The maximum atomic E-state index is 12.9. The smallest absolute Gasteiger partial charge is 0.354 e. The number of nitrogens with zero attached hydrogens (tertiary/aromatic N) is 3. The predicted molar refractivity (Wildman–Crippen MR) is 106 cm³/mol. The third-order valence-electron chi connectivity index (χ3n) is 4.03. The highest BCUT2D eigenvalue weighted by atomic mass is 35.5. The highest BCUT2D eigenvalue weighted by Crippen LogP contribution is 2.15. The zero-order chi connectivity index (χ0) is 20.0. The van der Waals surface area contributed by atoms with Crippen LogP contribution in [0.25, 0.3) is 0 Å². The number of hydrogen-bond donors (Lipinski definition) is 0. The Morgan fingerprint density at radius 2 is 1.93 bits per heavy atom. The highest BCUT2D eigenvalue weighted by molar-refractivity contribution is 7.99. The number of methoxy groups -OCH3 is 1. The van der Waals surface area contributed by atoms with E-state index in [4.69, 9.17) is 11.6 Å². The first kappa shape index (κ1) is 21.2. The molecule has 1 aromatic heterocycles. The van der Waals surface area contributed by atoms with Crippen LogP contribution in [0, 0.1) is 5.92 Å². The standard InChI is InChI=1S/C18H22ClN3O4S/c1-4-27-17-20-16(24)21(10-9-12(2)15(23)26-3)18(25)22(17)11-13-5-7-14(19)8-6-13/h5-8,12H,4,9-11H2,1-3H3/t12-/m0/s1. The molecule has 1 heterocycles. The number of hydrogen-bond acceptors (Lipinski definition) is 6. The van der Waals surface area contributed by atoms with E-state index in [0.29, 0.717) is 22.4 Å². The van der Waals surface area contributed by atoms with Gasteiger partial charge in [0, 0.05) is 11.6 Å². The van der Waals surface area contributed by atoms with Crippen molar-refractivity contribution >= 4 is 29.3 Å². The monoisotopic (exact) mass is 411 g/mol. The van der Waals surface area contributed by atoms with E-state index in [0.717, 1.165) is 10.1 Å². The quantitative estimate of drug-likeness (QED) is 0.490. The van der Waals surface area contributed by atoms with Gasteiger partial charge in [0.2, 0.25) is 0 Å². The van der Waals surface area contributed by atoms with E-state index in [9.17, 15) is 14.4 Å². The minimum absolute atomic E-state index is 0.0959. The van der Waals surface area contributed by atoms with E-state index >= 15 is 0 Å². The number of aromatic nitrogens is 3. The number of thioether (sulfide) groups is 1. The number of ether oxygens (including phenoxy) is 1. The second kappa shape index (κ2) is 9.75. The van der Waals surface area contributed by atoms with Crippen molar-refractivity contribution in [1.29, 1.82) is 0 Å². The molecule has 0 radical (unpaired) electrons. The molecule has 0 aliphatic rings. The van der Waals surface area contributed by atoms with E-state index < -0.39 is 17.3 Å². The molecule has 0 fully saturated rings. The van der Waals surface area contributed by atoms with Crippen LogP contribution in [0.1, 0.15) is 25.8 Å². The summed E-state index contributed by atoms with van der Waals surface area (Å²) < 4.78 is 7.22. The molecule has 7 nitrogen and oxygen atoms in total. The molecule has 2 aromatic rings. The van der Waals surface area contributed by atoms with Crippen LogP contribution in [0.5, 0.6) is 0 Å². The van der Waals surface area contributed by atoms with Crippen LogP contribution in [-0.2, 0) is 22.6 Å².